The molecule has 20 heavy (non-hydrogen) atoms. The molecule has 2 rings (SSSR count). The fourth-order valence-electron chi connectivity index (χ4n) is 1.67. The Balaban J connectivity index is 2.18. The number of halogens is 2. The van der Waals surface area contributed by atoms with Crippen molar-refractivity contribution in [2.24, 2.45) is 0 Å². The summed E-state index contributed by atoms with van der Waals surface area (Å²) in [6.07, 6.45) is 0. The molecule has 0 aromatic heterocycles. The molecule has 0 fully saturated rings. The van der Waals surface area contributed by atoms with Crippen molar-refractivity contribution in [2.75, 3.05) is 5.32 Å². The summed E-state index contributed by atoms with van der Waals surface area (Å²) in [7, 11) is 0. The van der Waals surface area contributed by atoms with Crippen molar-refractivity contribution in [1.82, 2.24) is 0 Å². The molecular formula is C13H10ClFN2O3. The van der Waals surface area contributed by atoms with Gasteiger partial charge in [0.15, 0.2) is 0 Å². The van der Waals surface area contributed by atoms with Crippen LogP contribution in [0.25, 0.3) is 0 Å². The lowest BCUT2D eigenvalue weighted by atomic mass is 10.2. The molecule has 2 aromatic rings. The van der Waals surface area contributed by atoms with Crippen LogP contribution in [0.2, 0.25) is 5.02 Å². The lowest BCUT2D eigenvalue weighted by molar-refractivity contribution is -0.384. The summed E-state index contributed by atoms with van der Waals surface area (Å²) in [5.41, 5.74) is 0.699. The number of benzene rings is 2. The van der Waals surface area contributed by atoms with E-state index in [0.29, 0.717) is 5.56 Å². The van der Waals surface area contributed by atoms with E-state index in [1.165, 1.54) is 30.3 Å². The van der Waals surface area contributed by atoms with Crippen LogP contribution in [-0.4, -0.2) is 10.0 Å². The summed E-state index contributed by atoms with van der Waals surface area (Å²) in [4.78, 5) is 10.3. The Morgan fingerprint density at radius 1 is 1.30 bits per heavy atom. The number of anilines is 1. The van der Waals surface area contributed by atoms with Crippen molar-refractivity contribution in [3.05, 3.63) is 62.9 Å². The molecule has 5 nitrogen and oxygen atoms in total. The maximum Gasteiger partial charge on any atom is 0.296 e. The van der Waals surface area contributed by atoms with E-state index in [9.17, 15) is 19.6 Å². The smallest absolute Gasteiger partial charge is 0.296 e. The first-order valence-electron chi connectivity index (χ1n) is 5.62. The number of rotatable bonds is 4. The van der Waals surface area contributed by atoms with Gasteiger partial charge in [0.2, 0.25) is 0 Å². The number of nitro groups is 1. The highest BCUT2D eigenvalue weighted by Crippen LogP contribution is 2.29. The highest BCUT2D eigenvalue weighted by Gasteiger charge is 2.14. The second kappa shape index (κ2) is 5.75. The minimum atomic E-state index is -0.598. The molecule has 0 saturated heterocycles. The Hall–Kier alpha value is -2.34. The van der Waals surface area contributed by atoms with Gasteiger partial charge in [-0.05, 0) is 29.8 Å². The van der Waals surface area contributed by atoms with Crippen molar-refractivity contribution in [3.63, 3.8) is 0 Å². The third-order valence-corrected chi connectivity index (χ3v) is 2.93. The van der Waals surface area contributed by atoms with E-state index in [0.717, 1.165) is 6.07 Å². The zero-order valence-electron chi connectivity index (χ0n) is 10.1. The van der Waals surface area contributed by atoms with Gasteiger partial charge in [-0.3, -0.25) is 10.1 Å². The molecule has 0 radical (unpaired) electrons. The van der Waals surface area contributed by atoms with Crippen molar-refractivity contribution in [2.45, 2.75) is 6.54 Å². The fraction of sp³-hybridized carbons (Fsp3) is 0.0769. The van der Waals surface area contributed by atoms with Gasteiger partial charge in [0.1, 0.15) is 17.3 Å². The summed E-state index contributed by atoms with van der Waals surface area (Å²) in [6.45, 7) is 0.242. The van der Waals surface area contributed by atoms with Crippen LogP contribution in [0, 0.1) is 15.9 Å². The Bertz CT molecular complexity index is 664. The summed E-state index contributed by atoms with van der Waals surface area (Å²) in [5.74, 6) is -0.710. The molecule has 0 aliphatic heterocycles. The first-order valence-corrected chi connectivity index (χ1v) is 6.00. The molecule has 0 unspecified atom stereocenters. The SMILES string of the molecule is O=[N+]([O-])c1cc(O)ccc1NCc1ccc(F)c(Cl)c1. The number of hydrogen-bond donors (Lipinski definition) is 2. The average Bonchev–Trinajstić information content (AvgIpc) is 2.41. The first-order chi connectivity index (χ1) is 9.47. The Morgan fingerprint density at radius 3 is 2.70 bits per heavy atom. The molecule has 0 saturated carbocycles. The second-order valence-electron chi connectivity index (χ2n) is 4.06. The second-order valence-corrected chi connectivity index (χ2v) is 4.47. The third-order valence-electron chi connectivity index (χ3n) is 2.64. The fourth-order valence-corrected chi connectivity index (χ4v) is 1.87. The van der Waals surface area contributed by atoms with Crippen LogP contribution in [-0.2, 0) is 6.54 Å². The topological polar surface area (TPSA) is 75.4 Å². The van der Waals surface area contributed by atoms with Crippen LogP contribution in [0.3, 0.4) is 0 Å². The van der Waals surface area contributed by atoms with Crippen LogP contribution in [0.5, 0.6) is 5.75 Å². The van der Waals surface area contributed by atoms with Crippen molar-refractivity contribution < 1.29 is 14.4 Å². The number of nitro benzene ring substituents is 1. The zero-order chi connectivity index (χ0) is 14.7. The Morgan fingerprint density at radius 2 is 2.05 bits per heavy atom. The molecule has 0 bridgehead atoms. The predicted octanol–water partition coefficient (Wildman–Crippen LogP) is 3.71. The van der Waals surface area contributed by atoms with Gasteiger partial charge < -0.3 is 10.4 Å². The third kappa shape index (κ3) is 3.16. The molecular weight excluding hydrogens is 287 g/mol. The minimum Gasteiger partial charge on any atom is -0.508 e. The summed E-state index contributed by atoms with van der Waals surface area (Å²) in [6, 6.07) is 7.99. The monoisotopic (exact) mass is 296 g/mol. The van der Waals surface area contributed by atoms with Gasteiger partial charge in [0, 0.05) is 6.54 Å². The molecule has 104 valence electrons. The van der Waals surface area contributed by atoms with Crippen LogP contribution in [0.1, 0.15) is 5.56 Å². The highest BCUT2D eigenvalue weighted by atomic mass is 35.5. The molecule has 0 aliphatic rings. The van der Waals surface area contributed by atoms with Gasteiger partial charge in [-0.25, -0.2) is 4.39 Å². The molecule has 0 amide bonds. The van der Waals surface area contributed by atoms with Crippen LogP contribution in [0.15, 0.2) is 36.4 Å². The number of phenols is 1. The van der Waals surface area contributed by atoms with E-state index in [1.807, 2.05) is 0 Å². The van der Waals surface area contributed by atoms with E-state index in [2.05, 4.69) is 5.32 Å². The lowest BCUT2D eigenvalue weighted by Crippen LogP contribution is -2.02. The predicted molar refractivity (Wildman–Crippen MR) is 73.5 cm³/mol. The van der Waals surface area contributed by atoms with Gasteiger partial charge in [-0.2, -0.15) is 0 Å². The van der Waals surface area contributed by atoms with Crippen molar-refractivity contribution in [1.29, 1.82) is 0 Å². The van der Waals surface area contributed by atoms with Crippen LogP contribution >= 0.6 is 11.6 Å². The van der Waals surface area contributed by atoms with Gasteiger partial charge in [-0.15, -0.1) is 0 Å². The molecule has 2 N–H and O–H groups in total. The summed E-state index contributed by atoms with van der Waals surface area (Å²) < 4.78 is 13.0. The number of aromatic hydroxyl groups is 1. The van der Waals surface area contributed by atoms with Crippen LogP contribution < -0.4 is 5.32 Å². The minimum absolute atomic E-state index is 0.00972. The zero-order valence-corrected chi connectivity index (χ0v) is 10.9. The lowest BCUT2D eigenvalue weighted by Gasteiger charge is -2.08. The number of phenolic OH excluding ortho intramolecular Hbond substituents is 1. The maximum atomic E-state index is 13.0. The van der Waals surface area contributed by atoms with E-state index >= 15 is 0 Å². The molecule has 0 heterocycles. The van der Waals surface area contributed by atoms with Gasteiger partial charge >= 0.3 is 0 Å². The number of nitrogens with zero attached hydrogens (tertiary/aromatic N) is 1. The summed E-state index contributed by atoms with van der Waals surface area (Å²) in [5, 5.41) is 23.0. The van der Waals surface area contributed by atoms with Crippen molar-refractivity contribution >= 4 is 23.0 Å². The quantitative estimate of drug-likeness (QED) is 0.512. The van der Waals surface area contributed by atoms with Crippen molar-refractivity contribution in [3.8, 4) is 5.75 Å². The standard InChI is InChI=1S/C13H10ClFN2O3/c14-10-5-8(1-3-11(10)15)7-16-12-4-2-9(18)6-13(12)17(19)20/h1-6,16,18H,7H2. The van der Waals surface area contributed by atoms with E-state index < -0.39 is 10.7 Å². The molecule has 0 atom stereocenters. The van der Waals surface area contributed by atoms with Gasteiger partial charge in [0.05, 0.1) is 16.0 Å². The van der Waals surface area contributed by atoms with Crippen LogP contribution in [0.4, 0.5) is 15.8 Å². The summed E-state index contributed by atoms with van der Waals surface area (Å²) >= 11 is 5.65. The molecule has 0 aliphatic carbocycles. The number of hydrogen-bond acceptors (Lipinski definition) is 4. The highest BCUT2D eigenvalue weighted by molar-refractivity contribution is 6.30. The largest absolute Gasteiger partial charge is 0.508 e. The van der Waals surface area contributed by atoms with E-state index in [1.54, 1.807) is 0 Å². The number of nitrogens with one attached hydrogen (secondary N) is 1. The molecule has 2 aromatic carbocycles. The van der Waals surface area contributed by atoms with E-state index in [4.69, 9.17) is 11.6 Å². The van der Waals surface area contributed by atoms with E-state index in [-0.39, 0.29) is 28.7 Å². The average molecular weight is 297 g/mol. The first kappa shape index (κ1) is 14.1. The van der Waals surface area contributed by atoms with Gasteiger partial charge in [-0.1, -0.05) is 17.7 Å². The van der Waals surface area contributed by atoms with Gasteiger partial charge in [0.25, 0.3) is 5.69 Å². The Labute approximate surface area is 118 Å². The molecule has 7 heteroatoms. The molecule has 0 spiro atoms. The Kier molecular flexibility index (Phi) is 4.05. The maximum absolute atomic E-state index is 13.0. The normalized spacial score (nSPS) is 10.3.